The van der Waals surface area contributed by atoms with E-state index in [1.54, 1.807) is 30.0 Å². The number of aromatic nitrogens is 1. The highest BCUT2D eigenvalue weighted by Gasteiger charge is 2.44. The Balaban J connectivity index is 1.51. The van der Waals surface area contributed by atoms with Gasteiger partial charge in [-0.15, -0.1) is 0 Å². The van der Waals surface area contributed by atoms with Crippen LogP contribution in [0.2, 0.25) is 0 Å². The first-order chi connectivity index (χ1) is 18.1. The van der Waals surface area contributed by atoms with Crippen molar-refractivity contribution >= 4 is 16.6 Å². The molecule has 38 heavy (non-hydrogen) atoms. The maximum atomic E-state index is 15.6. The van der Waals surface area contributed by atoms with Gasteiger partial charge < -0.3 is 10.3 Å². The monoisotopic (exact) mass is 542 g/mol. The lowest BCUT2D eigenvalue weighted by Crippen LogP contribution is -2.47. The normalized spacial score (nSPS) is 24.7. The highest BCUT2D eigenvalue weighted by molar-refractivity contribution is 5.85. The quantitative estimate of drug-likeness (QED) is 0.352. The molecule has 2 aliphatic heterocycles. The third-order valence-corrected chi connectivity index (χ3v) is 7.52. The molecule has 0 aliphatic carbocycles. The van der Waals surface area contributed by atoms with Crippen LogP contribution < -0.4 is 5.32 Å². The SMILES string of the molecule is C[C@@H]1Cc2c([nH]c3ccccc23)[C@H](c2c(F)cc(N[C@@H]3CN(CCCF)C[C@H]3F)cc2F)N1CC(F)(F)F. The number of para-hydroxylation sites is 1. The minimum Gasteiger partial charge on any atom is -0.378 e. The Hall–Kier alpha value is -2.79. The molecule has 1 saturated heterocycles. The van der Waals surface area contributed by atoms with Gasteiger partial charge in [-0.3, -0.25) is 14.2 Å². The molecule has 4 nitrogen and oxygen atoms in total. The first-order valence-electron chi connectivity index (χ1n) is 12.7. The van der Waals surface area contributed by atoms with Crippen molar-refractivity contribution in [3.8, 4) is 0 Å². The van der Waals surface area contributed by atoms with Crippen LogP contribution in [0.1, 0.15) is 36.2 Å². The summed E-state index contributed by atoms with van der Waals surface area (Å²) in [4.78, 5) is 5.92. The van der Waals surface area contributed by atoms with Crippen LogP contribution in [-0.2, 0) is 6.42 Å². The van der Waals surface area contributed by atoms with E-state index in [1.165, 1.54) is 0 Å². The largest absolute Gasteiger partial charge is 0.401 e. The molecule has 11 heteroatoms. The van der Waals surface area contributed by atoms with E-state index in [4.69, 9.17) is 0 Å². The van der Waals surface area contributed by atoms with Crippen molar-refractivity contribution < 1.29 is 30.7 Å². The number of hydrogen-bond donors (Lipinski definition) is 2. The zero-order chi connectivity index (χ0) is 27.2. The number of fused-ring (bicyclic) bond motifs is 3. The summed E-state index contributed by atoms with van der Waals surface area (Å²) in [7, 11) is 0. The van der Waals surface area contributed by atoms with Crippen LogP contribution in [0.4, 0.5) is 36.4 Å². The number of benzene rings is 2. The number of nitrogens with zero attached hydrogens (tertiary/aromatic N) is 2. The second-order valence-corrected chi connectivity index (χ2v) is 10.2. The maximum Gasteiger partial charge on any atom is 0.401 e. The van der Waals surface area contributed by atoms with E-state index >= 15 is 8.78 Å². The molecule has 3 aromatic rings. The fourth-order valence-corrected chi connectivity index (χ4v) is 5.86. The third kappa shape index (κ3) is 5.22. The molecule has 0 bridgehead atoms. The number of rotatable bonds is 7. The van der Waals surface area contributed by atoms with Crippen molar-refractivity contribution in [1.29, 1.82) is 0 Å². The summed E-state index contributed by atoms with van der Waals surface area (Å²) in [6.45, 7) is 0.448. The second-order valence-electron chi connectivity index (χ2n) is 10.2. The summed E-state index contributed by atoms with van der Waals surface area (Å²) in [5.41, 5.74) is 1.24. The van der Waals surface area contributed by atoms with Crippen LogP contribution in [0.3, 0.4) is 0 Å². The number of anilines is 1. The van der Waals surface area contributed by atoms with E-state index < -0.39 is 60.9 Å². The van der Waals surface area contributed by atoms with Crippen molar-refractivity contribution in [3.63, 3.8) is 0 Å². The summed E-state index contributed by atoms with van der Waals surface area (Å²) < 4.78 is 99.1. The predicted molar refractivity (Wildman–Crippen MR) is 132 cm³/mol. The first kappa shape index (κ1) is 26.8. The topological polar surface area (TPSA) is 34.3 Å². The Kier molecular flexibility index (Phi) is 7.34. The summed E-state index contributed by atoms with van der Waals surface area (Å²) >= 11 is 0. The van der Waals surface area contributed by atoms with Gasteiger partial charge in [-0.1, -0.05) is 18.2 Å². The van der Waals surface area contributed by atoms with Crippen LogP contribution in [0.25, 0.3) is 10.9 Å². The van der Waals surface area contributed by atoms with Gasteiger partial charge in [0.2, 0.25) is 0 Å². The Morgan fingerprint density at radius 1 is 1.08 bits per heavy atom. The predicted octanol–water partition coefficient (Wildman–Crippen LogP) is 6.14. The van der Waals surface area contributed by atoms with Crippen LogP contribution in [0.5, 0.6) is 0 Å². The van der Waals surface area contributed by atoms with Gasteiger partial charge in [0.15, 0.2) is 0 Å². The van der Waals surface area contributed by atoms with E-state index in [1.807, 2.05) is 6.07 Å². The Labute approximate surface area is 215 Å². The maximum absolute atomic E-state index is 15.6. The average Bonchev–Trinajstić information content (AvgIpc) is 3.38. The van der Waals surface area contributed by atoms with Crippen LogP contribution in [0, 0.1) is 11.6 Å². The lowest BCUT2D eigenvalue weighted by atomic mass is 9.88. The molecular weight excluding hydrogens is 513 g/mol. The molecule has 3 heterocycles. The Bertz CT molecular complexity index is 1270. The number of hydrogen-bond acceptors (Lipinski definition) is 3. The summed E-state index contributed by atoms with van der Waals surface area (Å²) in [6.07, 6.45) is -5.36. The van der Waals surface area contributed by atoms with Crippen molar-refractivity contribution in [1.82, 2.24) is 14.8 Å². The zero-order valence-electron chi connectivity index (χ0n) is 20.8. The molecule has 0 amide bonds. The van der Waals surface area contributed by atoms with Crippen molar-refractivity contribution in [3.05, 3.63) is 64.9 Å². The van der Waals surface area contributed by atoms with Crippen molar-refractivity contribution in [2.45, 2.75) is 50.2 Å². The van der Waals surface area contributed by atoms with Gasteiger partial charge in [-0.05, 0) is 43.5 Å². The Morgan fingerprint density at radius 2 is 1.79 bits per heavy atom. The van der Waals surface area contributed by atoms with Gasteiger partial charge in [0.05, 0.1) is 25.3 Å². The highest BCUT2D eigenvalue weighted by atomic mass is 19.4. The van der Waals surface area contributed by atoms with Gasteiger partial charge in [-0.2, -0.15) is 13.2 Å². The number of nitrogens with one attached hydrogen (secondary N) is 2. The fourth-order valence-electron chi connectivity index (χ4n) is 5.86. The number of alkyl halides is 5. The molecule has 1 aromatic heterocycles. The van der Waals surface area contributed by atoms with Gasteiger partial charge in [-0.25, -0.2) is 13.2 Å². The summed E-state index contributed by atoms with van der Waals surface area (Å²) in [6, 6.07) is 6.45. The van der Waals surface area contributed by atoms with E-state index in [9.17, 15) is 22.0 Å². The van der Waals surface area contributed by atoms with Crippen molar-refractivity contribution in [2.75, 3.05) is 38.2 Å². The molecule has 0 unspecified atom stereocenters. The van der Waals surface area contributed by atoms with Crippen LogP contribution >= 0.6 is 0 Å². The fraction of sp³-hybridized carbons (Fsp3) is 0.481. The smallest absolute Gasteiger partial charge is 0.378 e. The molecule has 2 aromatic carbocycles. The number of likely N-dealkylation sites (tertiary alicyclic amines) is 1. The molecule has 2 N–H and O–H groups in total. The van der Waals surface area contributed by atoms with Gasteiger partial charge in [0, 0.05) is 53.5 Å². The Morgan fingerprint density at radius 3 is 2.47 bits per heavy atom. The number of H-pyrrole nitrogens is 1. The van der Waals surface area contributed by atoms with Gasteiger partial charge in [0.25, 0.3) is 0 Å². The average molecular weight is 543 g/mol. The minimum atomic E-state index is -4.59. The summed E-state index contributed by atoms with van der Waals surface area (Å²) in [5.74, 6) is -2.04. The van der Waals surface area contributed by atoms with Gasteiger partial charge >= 0.3 is 6.18 Å². The van der Waals surface area contributed by atoms with E-state index in [2.05, 4.69) is 10.3 Å². The lowest BCUT2D eigenvalue weighted by molar-refractivity contribution is -0.155. The van der Waals surface area contributed by atoms with Crippen LogP contribution in [0.15, 0.2) is 36.4 Å². The molecule has 0 saturated carbocycles. The molecule has 206 valence electrons. The molecule has 2 aliphatic rings. The zero-order valence-corrected chi connectivity index (χ0v) is 20.8. The molecule has 0 spiro atoms. The molecule has 0 radical (unpaired) electrons. The molecular formula is C27H29F7N4. The summed E-state index contributed by atoms with van der Waals surface area (Å²) in [5, 5.41) is 3.62. The number of halogens is 7. The van der Waals surface area contributed by atoms with Gasteiger partial charge in [0.1, 0.15) is 17.8 Å². The standard InChI is InChI=1S/C27H29F7N4/c1-15-9-18-17-5-2-3-6-22(17)36-25(18)26(38(15)14-27(32,33)34)24-19(29)10-16(11-20(24)30)35-23-13-37(8-4-7-28)12-21(23)31/h2-3,5-6,10-11,15,21,23,26,35-36H,4,7-9,12-14H2,1H3/t15-,21-,23-,26+/m1/s1. The first-order valence-corrected chi connectivity index (χ1v) is 12.7. The number of aromatic amines is 1. The van der Waals surface area contributed by atoms with E-state index in [-0.39, 0.29) is 31.6 Å². The second kappa shape index (κ2) is 10.4. The lowest BCUT2D eigenvalue weighted by Gasteiger charge is -2.41. The third-order valence-electron chi connectivity index (χ3n) is 7.52. The molecule has 5 rings (SSSR count). The van der Waals surface area contributed by atoms with Crippen LogP contribution in [-0.4, -0.2) is 72.1 Å². The molecule has 1 fully saturated rings. The van der Waals surface area contributed by atoms with Crippen molar-refractivity contribution in [2.24, 2.45) is 0 Å². The van der Waals surface area contributed by atoms with E-state index in [0.29, 0.717) is 17.8 Å². The van der Waals surface area contributed by atoms with E-state index in [0.717, 1.165) is 28.0 Å². The molecule has 4 atom stereocenters. The highest BCUT2D eigenvalue weighted by Crippen LogP contribution is 2.44. The minimum absolute atomic E-state index is 0.00755.